The molecular weight excluding hydrogens is 272 g/mol. The number of likely N-dealkylation sites (N-methyl/N-ethyl adjacent to an activating group) is 1. The van der Waals surface area contributed by atoms with Crippen molar-refractivity contribution in [2.75, 3.05) is 33.4 Å². The number of aliphatic hydroxyl groups excluding tert-OH is 1. The Bertz CT molecular complexity index is 534. The maximum atomic E-state index is 11.8. The lowest BCUT2D eigenvalue weighted by molar-refractivity contribution is -0.128. The van der Waals surface area contributed by atoms with Gasteiger partial charge in [-0.15, -0.1) is 0 Å². The number of aliphatic hydroxyl groups is 1. The molecule has 1 saturated heterocycles. The van der Waals surface area contributed by atoms with Crippen molar-refractivity contribution in [3.63, 3.8) is 0 Å². The third kappa shape index (κ3) is 2.96. The van der Waals surface area contributed by atoms with E-state index < -0.39 is 6.10 Å². The van der Waals surface area contributed by atoms with Crippen molar-refractivity contribution in [1.82, 2.24) is 10.2 Å². The maximum Gasteiger partial charge on any atom is 0.239 e. The minimum atomic E-state index is -0.681. The van der Waals surface area contributed by atoms with E-state index in [1.807, 2.05) is 12.1 Å². The summed E-state index contributed by atoms with van der Waals surface area (Å²) in [6.45, 7) is 2.17. The quantitative estimate of drug-likeness (QED) is 0.836. The fraction of sp³-hybridized carbons (Fsp3) is 0.533. The van der Waals surface area contributed by atoms with Gasteiger partial charge in [-0.25, -0.2) is 0 Å². The number of hydrogen-bond acceptors (Lipinski definition) is 5. The average molecular weight is 292 g/mol. The molecule has 1 fully saturated rings. The molecule has 2 atom stereocenters. The molecule has 1 amide bonds. The zero-order valence-corrected chi connectivity index (χ0v) is 12.0. The fourth-order valence-corrected chi connectivity index (χ4v) is 2.65. The molecule has 2 aliphatic heterocycles. The van der Waals surface area contributed by atoms with E-state index >= 15 is 0 Å². The highest BCUT2D eigenvalue weighted by Crippen LogP contribution is 2.32. The van der Waals surface area contributed by atoms with Gasteiger partial charge in [-0.2, -0.15) is 0 Å². The Morgan fingerprint density at radius 2 is 2.14 bits per heavy atom. The lowest BCUT2D eigenvalue weighted by atomic mass is 10.1. The molecule has 2 N–H and O–H groups in total. The van der Waals surface area contributed by atoms with Gasteiger partial charge in [0.25, 0.3) is 0 Å². The van der Waals surface area contributed by atoms with Crippen LogP contribution in [-0.2, 0) is 4.79 Å². The topological polar surface area (TPSA) is 71.0 Å². The first-order valence-corrected chi connectivity index (χ1v) is 7.21. The summed E-state index contributed by atoms with van der Waals surface area (Å²) < 4.78 is 11.0. The normalized spacial score (nSPS) is 22.5. The molecule has 6 nitrogen and oxygen atoms in total. The number of ether oxygens (including phenoxy) is 2. The average Bonchev–Trinajstić information content (AvgIpc) is 2.84. The summed E-state index contributed by atoms with van der Waals surface area (Å²) in [5.74, 6) is 1.46. The van der Waals surface area contributed by atoms with E-state index in [0.717, 1.165) is 18.5 Å². The van der Waals surface area contributed by atoms with Gasteiger partial charge in [-0.3, -0.25) is 4.79 Å². The first kappa shape index (κ1) is 14.2. The zero-order valence-electron chi connectivity index (χ0n) is 12.0. The molecule has 2 unspecified atom stereocenters. The van der Waals surface area contributed by atoms with Crippen molar-refractivity contribution in [2.45, 2.75) is 18.6 Å². The van der Waals surface area contributed by atoms with E-state index in [1.165, 1.54) is 0 Å². The van der Waals surface area contributed by atoms with Crippen molar-refractivity contribution in [1.29, 1.82) is 0 Å². The number of rotatable bonds is 4. The standard InChI is InChI=1S/C15H20N2O4/c1-17-5-4-11(15(17)19)16-9-12(18)10-2-3-13-14(8-10)21-7-6-20-13/h2-3,8,11-12,16,18H,4-7,9H2,1H3. The lowest BCUT2D eigenvalue weighted by Crippen LogP contribution is -2.39. The second-order valence-corrected chi connectivity index (χ2v) is 5.43. The first-order valence-electron chi connectivity index (χ1n) is 7.21. The van der Waals surface area contributed by atoms with E-state index in [9.17, 15) is 9.90 Å². The van der Waals surface area contributed by atoms with Gasteiger partial charge in [0, 0.05) is 20.1 Å². The Morgan fingerprint density at radius 1 is 1.38 bits per heavy atom. The molecule has 21 heavy (non-hydrogen) atoms. The Morgan fingerprint density at radius 3 is 2.86 bits per heavy atom. The van der Waals surface area contributed by atoms with Crippen molar-refractivity contribution in [3.8, 4) is 11.5 Å². The molecule has 1 aromatic rings. The van der Waals surface area contributed by atoms with Crippen LogP contribution in [0.5, 0.6) is 11.5 Å². The van der Waals surface area contributed by atoms with Crippen LogP contribution in [0.25, 0.3) is 0 Å². The van der Waals surface area contributed by atoms with Gasteiger partial charge >= 0.3 is 0 Å². The Labute approximate surface area is 123 Å². The summed E-state index contributed by atoms with van der Waals surface area (Å²) in [7, 11) is 1.79. The summed E-state index contributed by atoms with van der Waals surface area (Å²) in [6, 6.07) is 5.23. The van der Waals surface area contributed by atoms with Crippen LogP contribution in [0, 0.1) is 0 Å². The van der Waals surface area contributed by atoms with Gasteiger partial charge < -0.3 is 24.8 Å². The SMILES string of the molecule is CN1CCC(NCC(O)c2ccc3c(c2)OCCO3)C1=O. The van der Waals surface area contributed by atoms with Crippen LogP contribution < -0.4 is 14.8 Å². The highest BCUT2D eigenvalue weighted by molar-refractivity contribution is 5.83. The molecule has 0 bridgehead atoms. The number of carbonyl (C=O) groups is 1. The summed E-state index contributed by atoms with van der Waals surface area (Å²) in [4.78, 5) is 13.5. The van der Waals surface area contributed by atoms with E-state index in [2.05, 4.69) is 5.32 Å². The van der Waals surface area contributed by atoms with Crippen molar-refractivity contribution >= 4 is 5.91 Å². The Hall–Kier alpha value is -1.79. The maximum absolute atomic E-state index is 11.8. The molecule has 6 heteroatoms. The van der Waals surface area contributed by atoms with Gasteiger partial charge in [0.15, 0.2) is 11.5 Å². The summed E-state index contributed by atoms with van der Waals surface area (Å²) in [5, 5.41) is 13.4. The van der Waals surface area contributed by atoms with E-state index in [1.54, 1.807) is 18.0 Å². The third-order valence-electron chi connectivity index (χ3n) is 3.94. The minimum Gasteiger partial charge on any atom is -0.486 e. The highest BCUT2D eigenvalue weighted by atomic mass is 16.6. The molecule has 114 valence electrons. The van der Waals surface area contributed by atoms with Gasteiger partial charge in [-0.1, -0.05) is 6.07 Å². The van der Waals surface area contributed by atoms with Crippen LogP contribution in [0.15, 0.2) is 18.2 Å². The van der Waals surface area contributed by atoms with Crippen molar-refractivity contribution in [2.24, 2.45) is 0 Å². The molecule has 0 spiro atoms. The second-order valence-electron chi connectivity index (χ2n) is 5.43. The molecular formula is C15H20N2O4. The summed E-state index contributed by atoms with van der Waals surface area (Å²) in [6.07, 6.45) is 0.1000. The number of hydrogen-bond donors (Lipinski definition) is 2. The molecule has 0 aliphatic carbocycles. The van der Waals surface area contributed by atoms with Gasteiger partial charge in [0.2, 0.25) is 5.91 Å². The summed E-state index contributed by atoms with van der Waals surface area (Å²) in [5.41, 5.74) is 0.755. The second kappa shape index (κ2) is 5.91. The number of carbonyl (C=O) groups excluding carboxylic acids is 1. The van der Waals surface area contributed by atoms with Crippen LogP contribution in [0.1, 0.15) is 18.1 Å². The number of nitrogens with zero attached hydrogens (tertiary/aromatic N) is 1. The molecule has 1 aromatic carbocycles. The fourth-order valence-electron chi connectivity index (χ4n) is 2.65. The Kier molecular flexibility index (Phi) is 3.98. The van der Waals surface area contributed by atoms with Crippen LogP contribution in [0.3, 0.4) is 0 Å². The van der Waals surface area contributed by atoms with Crippen LogP contribution in [0.4, 0.5) is 0 Å². The van der Waals surface area contributed by atoms with Gasteiger partial charge in [-0.05, 0) is 24.1 Å². The predicted molar refractivity (Wildman–Crippen MR) is 76.4 cm³/mol. The van der Waals surface area contributed by atoms with Crippen LogP contribution in [-0.4, -0.2) is 55.3 Å². The molecule has 2 aliphatic rings. The molecule has 0 saturated carbocycles. The minimum absolute atomic E-state index is 0.0874. The first-order chi connectivity index (χ1) is 10.1. The van der Waals surface area contributed by atoms with E-state index in [-0.39, 0.29) is 11.9 Å². The zero-order chi connectivity index (χ0) is 14.8. The van der Waals surface area contributed by atoms with E-state index in [0.29, 0.717) is 31.3 Å². The largest absolute Gasteiger partial charge is 0.486 e. The molecule has 0 aromatic heterocycles. The van der Waals surface area contributed by atoms with Gasteiger partial charge in [0.1, 0.15) is 13.2 Å². The number of nitrogens with one attached hydrogen (secondary N) is 1. The van der Waals surface area contributed by atoms with Crippen LogP contribution >= 0.6 is 0 Å². The van der Waals surface area contributed by atoms with Crippen molar-refractivity contribution < 1.29 is 19.4 Å². The number of amides is 1. The number of benzene rings is 1. The molecule has 0 radical (unpaired) electrons. The third-order valence-corrected chi connectivity index (χ3v) is 3.94. The smallest absolute Gasteiger partial charge is 0.239 e. The number of fused-ring (bicyclic) bond motifs is 1. The van der Waals surface area contributed by atoms with Crippen LogP contribution in [0.2, 0.25) is 0 Å². The molecule has 3 rings (SSSR count). The molecule has 2 heterocycles. The highest BCUT2D eigenvalue weighted by Gasteiger charge is 2.29. The van der Waals surface area contributed by atoms with Crippen molar-refractivity contribution in [3.05, 3.63) is 23.8 Å². The van der Waals surface area contributed by atoms with Gasteiger partial charge in [0.05, 0.1) is 12.1 Å². The Balaban J connectivity index is 1.60. The number of likely N-dealkylation sites (tertiary alicyclic amines) is 1. The lowest BCUT2D eigenvalue weighted by Gasteiger charge is -2.21. The monoisotopic (exact) mass is 292 g/mol. The summed E-state index contributed by atoms with van der Waals surface area (Å²) >= 11 is 0. The van der Waals surface area contributed by atoms with E-state index in [4.69, 9.17) is 9.47 Å². The predicted octanol–water partition coefficient (Wildman–Crippen LogP) is 0.311.